The smallest absolute Gasteiger partial charge is 0.369 e. The summed E-state index contributed by atoms with van der Waals surface area (Å²) in [7, 11) is 0. The van der Waals surface area contributed by atoms with Gasteiger partial charge in [0.15, 0.2) is 0 Å². The lowest BCUT2D eigenvalue weighted by Crippen LogP contribution is -2.44. The second-order valence-corrected chi connectivity index (χ2v) is 2.91. The van der Waals surface area contributed by atoms with Crippen molar-refractivity contribution >= 4 is 5.69 Å². The Morgan fingerprint density at radius 3 is 2.62 bits per heavy atom. The molecule has 4 nitrogen and oxygen atoms in total. The third-order valence-corrected chi connectivity index (χ3v) is 1.65. The van der Waals surface area contributed by atoms with E-state index in [0.717, 1.165) is 0 Å². The van der Waals surface area contributed by atoms with E-state index in [9.17, 15) is 13.2 Å². The van der Waals surface area contributed by atoms with Crippen molar-refractivity contribution in [1.29, 1.82) is 5.26 Å². The Morgan fingerprint density at radius 1 is 1.38 bits per heavy atom. The van der Waals surface area contributed by atoms with E-state index in [2.05, 4.69) is 5.43 Å². The number of nitriles is 1. The van der Waals surface area contributed by atoms with Crippen LogP contribution < -0.4 is 10.9 Å². The molecule has 86 valence electrons. The largest absolute Gasteiger partial charge is 0.429 e. The van der Waals surface area contributed by atoms with E-state index >= 15 is 0 Å². The number of aliphatic hydroxyl groups excluding tert-OH is 1. The van der Waals surface area contributed by atoms with Crippen molar-refractivity contribution in [2.24, 2.45) is 0 Å². The van der Waals surface area contributed by atoms with Crippen molar-refractivity contribution in [2.75, 3.05) is 5.43 Å². The van der Waals surface area contributed by atoms with Crippen molar-refractivity contribution < 1.29 is 18.3 Å². The molecule has 7 heteroatoms. The Morgan fingerprint density at radius 2 is 2.06 bits per heavy atom. The number of nitrogens with one attached hydrogen (secondary N) is 2. The molecule has 1 unspecified atom stereocenters. The van der Waals surface area contributed by atoms with Gasteiger partial charge < -0.3 is 10.5 Å². The average Bonchev–Trinajstić information content (AvgIpc) is 2.25. The van der Waals surface area contributed by atoms with E-state index in [1.165, 1.54) is 24.3 Å². The van der Waals surface area contributed by atoms with Gasteiger partial charge in [-0.2, -0.15) is 18.4 Å². The topological polar surface area (TPSA) is 68.1 Å². The number of hydrazine groups is 1. The first-order valence-corrected chi connectivity index (χ1v) is 4.20. The van der Waals surface area contributed by atoms with Crippen molar-refractivity contribution in [3.05, 3.63) is 29.8 Å². The normalized spacial score (nSPS) is 12.9. The van der Waals surface area contributed by atoms with Gasteiger partial charge in [-0.3, -0.25) is 0 Å². The maximum Gasteiger partial charge on any atom is 0.429 e. The predicted molar refractivity (Wildman–Crippen MR) is 50.0 cm³/mol. The zero-order valence-corrected chi connectivity index (χ0v) is 7.92. The van der Waals surface area contributed by atoms with Gasteiger partial charge in [-0.05, 0) is 18.2 Å². The molecule has 0 bridgehead atoms. The van der Waals surface area contributed by atoms with Gasteiger partial charge in [0, 0.05) is 0 Å². The van der Waals surface area contributed by atoms with Crippen LogP contribution in [-0.4, -0.2) is 17.5 Å². The Labute approximate surface area is 89.3 Å². The summed E-state index contributed by atoms with van der Waals surface area (Å²) in [6.07, 6.45) is -7.42. The number of halogens is 3. The molecule has 0 radical (unpaired) electrons. The molecular weight excluding hydrogens is 223 g/mol. The van der Waals surface area contributed by atoms with Crippen molar-refractivity contribution in [3.8, 4) is 6.07 Å². The summed E-state index contributed by atoms with van der Waals surface area (Å²) < 4.78 is 35.7. The van der Waals surface area contributed by atoms with Gasteiger partial charge in [0.1, 0.15) is 0 Å². The lowest BCUT2D eigenvalue weighted by Gasteiger charge is -2.17. The minimum atomic E-state index is -4.75. The molecule has 0 aliphatic rings. The molecule has 1 atom stereocenters. The van der Waals surface area contributed by atoms with E-state index in [-0.39, 0.29) is 5.69 Å². The van der Waals surface area contributed by atoms with Crippen LogP contribution in [0.4, 0.5) is 18.9 Å². The third kappa shape index (κ3) is 3.42. The zero-order valence-electron chi connectivity index (χ0n) is 7.92. The summed E-state index contributed by atoms with van der Waals surface area (Å²) >= 11 is 0. The van der Waals surface area contributed by atoms with Gasteiger partial charge in [-0.15, -0.1) is 0 Å². The summed E-state index contributed by atoms with van der Waals surface area (Å²) in [4.78, 5) is 0. The molecule has 0 amide bonds. The molecule has 0 aromatic heterocycles. The van der Waals surface area contributed by atoms with Gasteiger partial charge in [-0.25, -0.2) is 5.43 Å². The highest BCUT2D eigenvalue weighted by molar-refractivity contribution is 5.48. The highest BCUT2D eigenvalue weighted by Crippen LogP contribution is 2.18. The van der Waals surface area contributed by atoms with Gasteiger partial charge in [0.05, 0.1) is 17.3 Å². The lowest BCUT2D eigenvalue weighted by molar-refractivity contribution is -0.211. The Hall–Kier alpha value is -1.78. The Balaban J connectivity index is 2.59. The van der Waals surface area contributed by atoms with Crippen molar-refractivity contribution in [1.82, 2.24) is 5.43 Å². The molecule has 0 fully saturated rings. The van der Waals surface area contributed by atoms with Crippen molar-refractivity contribution in [2.45, 2.75) is 12.4 Å². The average molecular weight is 231 g/mol. The number of rotatable bonds is 3. The van der Waals surface area contributed by atoms with E-state index < -0.39 is 12.4 Å². The molecule has 3 N–H and O–H groups in total. The molecule has 16 heavy (non-hydrogen) atoms. The van der Waals surface area contributed by atoms with E-state index in [1.54, 1.807) is 5.43 Å². The van der Waals surface area contributed by atoms with Crippen LogP contribution in [0.1, 0.15) is 5.56 Å². The summed E-state index contributed by atoms with van der Waals surface area (Å²) in [5.74, 6) is 0. The lowest BCUT2D eigenvalue weighted by atomic mass is 10.2. The number of nitrogens with zero attached hydrogens (tertiary/aromatic N) is 1. The molecule has 0 saturated heterocycles. The molecule has 1 rings (SSSR count). The summed E-state index contributed by atoms with van der Waals surface area (Å²) in [5.41, 5.74) is 4.37. The standard InChI is InChI=1S/C9H8F3N3O/c10-9(11,12)8(16)15-14-7-3-1-2-6(4-7)5-13/h1-4,8,14-16H. The van der Waals surface area contributed by atoms with Crippen LogP contribution in [0, 0.1) is 11.3 Å². The second-order valence-electron chi connectivity index (χ2n) is 2.91. The quantitative estimate of drug-likeness (QED) is 0.542. The monoisotopic (exact) mass is 231 g/mol. The molecule has 1 aromatic carbocycles. The summed E-state index contributed by atoms with van der Waals surface area (Å²) in [6, 6.07) is 7.64. The zero-order chi connectivity index (χ0) is 12.2. The number of aliphatic hydroxyl groups is 1. The van der Waals surface area contributed by atoms with Gasteiger partial charge >= 0.3 is 6.18 Å². The van der Waals surface area contributed by atoms with Crippen LogP contribution >= 0.6 is 0 Å². The molecular formula is C9H8F3N3O. The first kappa shape index (κ1) is 12.3. The first-order valence-electron chi connectivity index (χ1n) is 4.20. The fourth-order valence-electron chi connectivity index (χ4n) is 0.900. The number of hydrogen-bond acceptors (Lipinski definition) is 4. The fourth-order valence-corrected chi connectivity index (χ4v) is 0.900. The summed E-state index contributed by atoms with van der Waals surface area (Å²) in [5, 5.41) is 17.2. The molecule has 0 aliphatic carbocycles. The molecule has 0 saturated carbocycles. The van der Waals surface area contributed by atoms with Gasteiger partial charge in [0.2, 0.25) is 6.23 Å². The summed E-state index contributed by atoms with van der Waals surface area (Å²) in [6.45, 7) is 0. The van der Waals surface area contributed by atoms with Crippen LogP contribution in [0.5, 0.6) is 0 Å². The maximum absolute atomic E-state index is 11.9. The van der Waals surface area contributed by atoms with E-state index in [1.807, 2.05) is 6.07 Å². The SMILES string of the molecule is N#Cc1cccc(NNC(O)C(F)(F)F)c1. The van der Waals surface area contributed by atoms with Crippen LogP contribution in [0.15, 0.2) is 24.3 Å². The predicted octanol–water partition coefficient (Wildman–Crippen LogP) is 1.36. The first-order chi connectivity index (χ1) is 7.43. The highest BCUT2D eigenvalue weighted by Gasteiger charge is 2.38. The molecule has 1 aromatic rings. The van der Waals surface area contributed by atoms with Crippen LogP contribution in [0.3, 0.4) is 0 Å². The van der Waals surface area contributed by atoms with E-state index in [4.69, 9.17) is 10.4 Å². The maximum atomic E-state index is 11.9. The van der Waals surface area contributed by atoms with Crippen molar-refractivity contribution in [3.63, 3.8) is 0 Å². The minimum Gasteiger partial charge on any atom is -0.369 e. The number of anilines is 1. The van der Waals surface area contributed by atoms with Gasteiger partial charge in [0.25, 0.3) is 0 Å². The molecule has 0 aliphatic heterocycles. The molecule has 0 heterocycles. The van der Waals surface area contributed by atoms with E-state index in [0.29, 0.717) is 5.56 Å². The third-order valence-electron chi connectivity index (χ3n) is 1.65. The van der Waals surface area contributed by atoms with Crippen LogP contribution in [-0.2, 0) is 0 Å². The van der Waals surface area contributed by atoms with Gasteiger partial charge in [-0.1, -0.05) is 6.07 Å². The van der Waals surface area contributed by atoms with Crippen LogP contribution in [0.25, 0.3) is 0 Å². The fraction of sp³-hybridized carbons (Fsp3) is 0.222. The Bertz CT molecular complexity index is 400. The second kappa shape index (κ2) is 4.83. The number of alkyl halides is 3. The highest BCUT2D eigenvalue weighted by atomic mass is 19.4. The minimum absolute atomic E-state index is 0.252. The van der Waals surface area contributed by atoms with Crippen LogP contribution in [0.2, 0.25) is 0 Å². The molecule has 0 spiro atoms. The number of benzene rings is 1. The number of hydrogen-bond donors (Lipinski definition) is 3. The Kier molecular flexibility index (Phi) is 3.71.